The molecule has 1 fully saturated rings. The van der Waals surface area contributed by atoms with Crippen LogP contribution in [0.15, 0.2) is 5.38 Å². The first-order valence-electron chi connectivity index (χ1n) is 7.67. The average Bonchev–Trinajstić information content (AvgIpc) is 2.88. The molecule has 1 aromatic rings. The van der Waals surface area contributed by atoms with Crippen LogP contribution < -0.4 is 0 Å². The molecule has 1 N–H and O–H groups in total. The lowest BCUT2D eigenvalue weighted by molar-refractivity contribution is -0.152. The zero-order valence-corrected chi connectivity index (χ0v) is 14.3. The van der Waals surface area contributed by atoms with Gasteiger partial charge in [0.1, 0.15) is 5.01 Å². The number of hydrogen-bond donors (Lipinski definition) is 1. The third-order valence-electron chi connectivity index (χ3n) is 4.62. The van der Waals surface area contributed by atoms with Crippen molar-refractivity contribution < 1.29 is 9.90 Å². The van der Waals surface area contributed by atoms with Crippen LogP contribution in [0.4, 0.5) is 0 Å². The Morgan fingerprint density at radius 2 is 2.05 bits per heavy atom. The molecule has 0 amide bonds. The van der Waals surface area contributed by atoms with Gasteiger partial charge in [0, 0.05) is 10.8 Å². The van der Waals surface area contributed by atoms with E-state index in [-0.39, 0.29) is 5.41 Å². The van der Waals surface area contributed by atoms with Crippen LogP contribution in [0.2, 0.25) is 0 Å². The Morgan fingerprint density at radius 1 is 1.43 bits per heavy atom. The Balaban J connectivity index is 1.95. The molecular weight excluding hydrogens is 284 g/mol. The summed E-state index contributed by atoms with van der Waals surface area (Å²) in [7, 11) is 0. The summed E-state index contributed by atoms with van der Waals surface area (Å²) >= 11 is 1.71. The lowest BCUT2D eigenvalue weighted by Gasteiger charge is -2.38. The zero-order chi connectivity index (χ0) is 15.7. The van der Waals surface area contributed by atoms with E-state index in [4.69, 9.17) is 4.98 Å². The van der Waals surface area contributed by atoms with E-state index < -0.39 is 11.4 Å². The first-order valence-corrected chi connectivity index (χ1v) is 8.55. The molecule has 1 aliphatic heterocycles. The van der Waals surface area contributed by atoms with Crippen molar-refractivity contribution in [1.29, 1.82) is 0 Å². The van der Waals surface area contributed by atoms with Gasteiger partial charge in [0.05, 0.1) is 17.7 Å². The highest BCUT2D eigenvalue weighted by molar-refractivity contribution is 7.09. The van der Waals surface area contributed by atoms with Crippen molar-refractivity contribution in [2.24, 2.45) is 5.41 Å². The van der Waals surface area contributed by atoms with Gasteiger partial charge in [-0.3, -0.25) is 9.69 Å². The largest absolute Gasteiger partial charge is 0.481 e. The third kappa shape index (κ3) is 3.64. The highest BCUT2D eigenvalue weighted by Crippen LogP contribution is 2.35. The van der Waals surface area contributed by atoms with Crippen molar-refractivity contribution in [2.75, 3.05) is 13.1 Å². The van der Waals surface area contributed by atoms with Crippen molar-refractivity contribution in [3.05, 3.63) is 16.1 Å². The number of carbonyl (C=O) groups is 1. The van der Waals surface area contributed by atoms with Crippen molar-refractivity contribution in [1.82, 2.24) is 9.88 Å². The van der Waals surface area contributed by atoms with Crippen LogP contribution in [0.25, 0.3) is 0 Å². The molecule has 0 aromatic carbocycles. The summed E-state index contributed by atoms with van der Waals surface area (Å²) in [6.45, 7) is 11.1. The molecule has 0 aliphatic carbocycles. The van der Waals surface area contributed by atoms with Crippen LogP contribution in [0.5, 0.6) is 0 Å². The quantitative estimate of drug-likeness (QED) is 0.924. The molecule has 1 saturated heterocycles. The zero-order valence-electron chi connectivity index (χ0n) is 13.5. The minimum Gasteiger partial charge on any atom is -0.481 e. The van der Waals surface area contributed by atoms with Gasteiger partial charge in [-0.05, 0) is 32.4 Å². The second-order valence-electron chi connectivity index (χ2n) is 7.09. The molecule has 0 unspecified atom stereocenters. The number of likely N-dealkylation sites (tertiary alicyclic amines) is 1. The van der Waals surface area contributed by atoms with Crippen LogP contribution in [0.3, 0.4) is 0 Å². The lowest BCUT2D eigenvalue weighted by Crippen LogP contribution is -2.43. The second-order valence-corrected chi connectivity index (χ2v) is 8.03. The number of thiazole rings is 1. The maximum Gasteiger partial charge on any atom is 0.309 e. The molecule has 0 atom stereocenters. The first kappa shape index (κ1) is 16.4. The summed E-state index contributed by atoms with van der Waals surface area (Å²) < 4.78 is 0. The van der Waals surface area contributed by atoms with Gasteiger partial charge in [-0.2, -0.15) is 0 Å². The molecule has 2 rings (SSSR count). The van der Waals surface area contributed by atoms with Crippen molar-refractivity contribution in [2.45, 2.75) is 58.9 Å². The van der Waals surface area contributed by atoms with Gasteiger partial charge in [-0.1, -0.05) is 27.7 Å². The summed E-state index contributed by atoms with van der Waals surface area (Å²) in [6.07, 6.45) is 2.22. The Labute approximate surface area is 131 Å². The lowest BCUT2D eigenvalue weighted by atomic mass is 9.76. The molecule has 5 heteroatoms. The average molecular weight is 310 g/mol. The molecule has 0 saturated carbocycles. The van der Waals surface area contributed by atoms with Crippen LogP contribution in [-0.2, 0) is 16.8 Å². The van der Waals surface area contributed by atoms with E-state index in [0.29, 0.717) is 0 Å². The van der Waals surface area contributed by atoms with Crippen LogP contribution >= 0.6 is 11.3 Å². The minimum atomic E-state index is -0.631. The van der Waals surface area contributed by atoms with Gasteiger partial charge < -0.3 is 5.11 Å². The van der Waals surface area contributed by atoms with Gasteiger partial charge in [-0.25, -0.2) is 4.98 Å². The fourth-order valence-electron chi connectivity index (χ4n) is 2.78. The Morgan fingerprint density at radius 3 is 2.48 bits per heavy atom. The number of aliphatic carboxylic acids is 1. The monoisotopic (exact) mass is 310 g/mol. The predicted octanol–water partition coefficient (Wildman–Crippen LogP) is 3.52. The number of aromatic nitrogens is 1. The topological polar surface area (TPSA) is 53.4 Å². The van der Waals surface area contributed by atoms with Crippen LogP contribution in [0, 0.1) is 5.41 Å². The SMILES string of the molecule is CCC1(C(=O)O)CCN(Cc2nc(C(C)(C)C)cs2)CC1. The predicted molar refractivity (Wildman–Crippen MR) is 85.7 cm³/mol. The van der Waals surface area contributed by atoms with Gasteiger partial charge in [-0.15, -0.1) is 11.3 Å². The van der Waals surface area contributed by atoms with Crippen molar-refractivity contribution in [3.8, 4) is 0 Å². The van der Waals surface area contributed by atoms with Crippen molar-refractivity contribution in [3.63, 3.8) is 0 Å². The van der Waals surface area contributed by atoms with E-state index in [2.05, 4.69) is 31.1 Å². The molecule has 2 heterocycles. The Hall–Kier alpha value is -0.940. The van der Waals surface area contributed by atoms with E-state index in [9.17, 15) is 9.90 Å². The van der Waals surface area contributed by atoms with E-state index >= 15 is 0 Å². The molecule has 118 valence electrons. The van der Waals surface area contributed by atoms with E-state index in [1.807, 2.05) is 6.92 Å². The number of carboxylic acid groups (broad SMARTS) is 1. The van der Waals surface area contributed by atoms with Gasteiger partial charge >= 0.3 is 5.97 Å². The highest BCUT2D eigenvalue weighted by Gasteiger charge is 2.39. The highest BCUT2D eigenvalue weighted by atomic mass is 32.1. The standard InChI is InChI=1S/C16H26N2O2S/c1-5-16(14(19)20)6-8-18(9-7-16)10-13-17-12(11-21-13)15(2,3)4/h11H,5-10H2,1-4H3,(H,19,20). The summed E-state index contributed by atoms with van der Waals surface area (Å²) in [5.41, 5.74) is 0.737. The van der Waals surface area contributed by atoms with Crippen LogP contribution in [-0.4, -0.2) is 34.0 Å². The first-order chi connectivity index (χ1) is 9.77. The molecule has 21 heavy (non-hydrogen) atoms. The number of carboxylic acids is 1. The number of nitrogens with zero attached hydrogens (tertiary/aromatic N) is 2. The number of rotatable bonds is 4. The fraction of sp³-hybridized carbons (Fsp3) is 0.750. The fourth-order valence-corrected chi connectivity index (χ4v) is 3.84. The maximum atomic E-state index is 11.5. The summed E-state index contributed by atoms with van der Waals surface area (Å²) in [4.78, 5) is 18.5. The molecule has 1 aromatic heterocycles. The summed E-state index contributed by atoms with van der Waals surface area (Å²) in [5, 5.41) is 12.7. The van der Waals surface area contributed by atoms with E-state index in [1.165, 1.54) is 0 Å². The van der Waals surface area contributed by atoms with E-state index in [1.54, 1.807) is 11.3 Å². The molecule has 0 radical (unpaired) electrons. The van der Waals surface area contributed by atoms with Gasteiger partial charge in [0.25, 0.3) is 0 Å². The smallest absolute Gasteiger partial charge is 0.309 e. The molecule has 0 bridgehead atoms. The van der Waals surface area contributed by atoms with Crippen molar-refractivity contribution >= 4 is 17.3 Å². The van der Waals surface area contributed by atoms with Gasteiger partial charge in [0.2, 0.25) is 0 Å². The Kier molecular flexibility index (Phi) is 4.73. The minimum absolute atomic E-state index is 0.0946. The Bertz CT molecular complexity index is 497. The molecule has 0 spiro atoms. The third-order valence-corrected chi connectivity index (χ3v) is 5.46. The second kappa shape index (κ2) is 6.05. The van der Waals surface area contributed by atoms with Crippen LogP contribution in [0.1, 0.15) is 57.7 Å². The van der Waals surface area contributed by atoms with Gasteiger partial charge in [0.15, 0.2) is 0 Å². The summed E-state index contributed by atoms with van der Waals surface area (Å²) in [6, 6.07) is 0. The number of piperidine rings is 1. The molecular formula is C16H26N2O2S. The molecule has 1 aliphatic rings. The number of hydrogen-bond acceptors (Lipinski definition) is 4. The van der Waals surface area contributed by atoms with E-state index in [0.717, 1.165) is 49.6 Å². The normalized spacial score (nSPS) is 19.6. The summed E-state index contributed by atoms with van der Waals surface area (Å²) in [5.74, 6) is -0.631. The molecule has 4 nitrogen and oxygen atoms in total. The maximum absolute atomic E-state index is 11.5.